The molecule has 1 aliphatic heterocycles. The van der Waals surface area contributed by atoms with Gasteiger partial charge in [0.25, 0.3) is 5.91 Å². The quantitative estimate of drug-likeness (QED) is 0.171. The molecule has 1 atom stereocenters. The highest BCUT2D eigenvalue weighted by Gasteiger charge is 2.35. The van der Waals surface area contributed by atoms with E-state index in [-0.39, 0.29) is 35.6 Å². The number of Topliss-reactive ketones (excluding diaryl/α,β-unsaturated/α-hetero) is 2. The van der Waals surface area contributed by atoms with Crippen molar-refractivity contribution in [3.05, 3.63) is 107 Å². The lowest BCUT2D eigenvalue weighted by atomic mass is 9.95. The molecule has 0 saturated carbocycles. The molecule has 4 aromatic carbocycles. The molecule has 0 fully saturated rings. The van der Waals surface area contributed by atoms with Gasteiger partial charge in [0.15, 0.2) is 11.6 Å². The van der Waals surface area contributed by atoms with Crippen LogP contribution in [0.25, 0.3) is 21.7 Å². The van der Waals surface area contributed by atoms with Crippen molar-refractivity contribution in [1.82, 2.24) is 4.98 Å². The van der Waals surface area contributed by atoms with E-state index in [2.05, 4.69) is 20.9 Å². The zero-order valence-corrected chi connectivity index (χ0v) is 22.8. The Morgan fingerprint density at radius 3 is 2.38 bits per heavy atom. The van der Waals surface area contributed by atoms with Gasteiger partial charge in [0.2, 0.25) is 0 Å². The first-order valence-electron chi connectivity index (χ1n) is 12.7. The Hall–Kier alpha value is -4.23. The molecule has 2 N–H and O–H groups in total. The van der Waals surface area contributed by atoms with E-state index in [4.69, 9.17) is 0 Å². The van der Waals surface area contributed by atoms with Crippen LogP contribution in [0.5, 0.6) is 5.75 Å². The van der Waals surface area contributed by atoms with Gasteiger partial charge < -0.3 is 15.0 Å². The van der Waals surface area contributed by atoms with Crippen LogP contribution in [0.3, 0.4) is 0 Å². The van der Waals surface area contributed by atoms with Crippen molar-refractivity contribution in [2.24, 2.45) is 0 Å². The molecule has 0 spiro atoms. The highest BCUT2D eigenvalue weighted by atomic mass is 79.9. The first-order chi connectivity index (χ1) is 18.8. The lowest BCUT2D eigenvalue weighted by Crippen LogP contribution is -2.30. The predicted octanol–water partition coefficient (Wildman–Crippen LogP) is 6.79. The van der Waals surface area contributed by atoms with Crippen molar-refractivity contribution in [2.45, 2.75) is 19.3 Å². The zero-order valence-electron chi connectivity index (χ0n) is 21.2. The molecule has 6 nitrogen and oxygen atoms in total. The maximum absolute atomic E-state index is 13.7. The molecular formula is C32H25BrN2O4. The highest BCUT2D eigenvalue weighted by Crippen LogP contribution is 2.45. The summed E-state index contributed by atoms with van der Waals surface area (Å²) in [5.74, 6) is -0.00524. The van der Waals surface area contributed by atoms with Crippen LogP contribution in [0.15, 0.2) is 78.9 Å². The number of nitrogens with one attached hydrogen (secondary N) is 1. The second-order valence-corrected chi connectivity index (χ2v) is 10.6. The number of H-pyrrole nitrogens is 1. The summed E-state index contributed by atoms with van der Waals surface area (Å²) in [4.78, 5) is 43.0. The average Bonchev–Trinajstić information content (AvgIpc) is 3.54. The van der Waals surface area contributed by atoms with Gasteiger partial charge in [0.1, 0.15) is 11.4 Å². The molecule has 5 aromatic rings. The predicted molar refractivity (Wildman–Crippen MR) is 157 cm³/mol. The summed E-state index contributed by atoms with van der Waals surface area (Å²) in [5.41, 5.74) is 4.99. The van der Waals surface area contributed by atoms with Gasteiger partial charge in [-0.1, -0.05) is 70.5 Å². The molecule has 1 aliphatic rings. The average molecular weight is 581 g/mol. The largest absolute Gasteiger partial charge is 0.507 e. The minimum atomic E-state index is -0.172. The number of hydrogen-bond donors (Lipinski definition) is 2. The fourth-order valence-electron chi connectivity index (χ4n) is 5.48. The molecular weight excluding hydrogens is 556 g/mol. The molecule has 2 heterocycles. The van der Waals surface area contributed by atoms with Crippen molar-refractivity contribution in [2.75, 3.05) is 16.8 Å². The topological polar surface area (TPSA) is 90.5 Å². The Bertz CT molecular complexity index is 1790. The third kappa shape index (κ3) is 4.42. The number of hydrogen-bond acceptors (Lipinski definition) is 4. The van der Waals surface area contributed by atoms with Gasteiger partial charge in [-0.2, -0.15) is 0 Å². The van der Waals surface area contributed by atoms with Gasteiger partial charge in [-0.15, -0.1) is 0 Å². The normalized spacial score (nSPS) is 14.6. The van der Waals surface area contributed by atoms with Gasteiger partial charge in [0.05, 0.1) is 5.69 Å². The Balaban J connectivity index is 1.28. The fraction of sp³-hybridized carbons (Fsp3) is 0.156. The number of anilines is 1. The number of rotatable bonds is 6. The summed E-state index contributed by atoms with van der Waals surface area (Å²) in [6, 6.07) is 23.6. The van der Waals surface area contributed by atoms with Crippen molar-refractivity contribution in [1.29, 1.82) is 0 Å². The van der Waals surface area contributed by atoms with Crippen LogP contribution in [0, 0.1) is 0 Å². The number of amides is 1. The summed E-state index contributed by atoms with van der Waals surface area (Å²) in [7, 11) is 0. The lowest BCUT2D eigenvalue weighted by Gasteiger charge is -2.17. The summed E-state index contributed by atoms with van der Waals surface area (Å²) in [5, 5.41) is 14.0. The van der Waals surface area contributed by atoms with Crippen molar-refractivity contribution >= 4 is 60.8 Å². The highest BCUT2D eigenvalue weighted by molar-refractivity contribution is 9.09. The third-order valence-corrected chi connectivity index (χ3v) is 8.25. The van der Waals surface area contributed by atoms with Gasteiger partial charge in [-0.25, -0.2) is 0 Å². The van der Waals surface area contributed by atoms with Crippen LogP contribution < -0.4 is 4.90 Å². The van der Waals surface area contributed by atoms with E-state index < -0.39 is 0 Å². The molecule has 0 saturated heterocycles. The molecule has 194 valence electrons. The number of benzene rings is 4. The molecule has 7 heteroatoms. The van der Waals surface area contributed by atoms with Crippen molar-refractivity contribution in [3.63, 3.8) is 0 Å². The van der Waals surface area contributed by atoms with E-state index in [1.807, 2.05) is 48.5 Å². The molecule has 6 rings (SSSR count). The number of aromatic nitrogens is 1. The third-order valence-electron chi connectivity index (χ3n) is 7.47. The number of carbonyl (C=O) groups is 3. The molecule has 0 radical (unpaired) electrons. The minimum Gasteiger partial charge on any atom is -0.507 e. The molecule has 0 aliphatic carbocycles. The van der Waals surface area contributed by atoms with E-state index in [0.29, 0.717) is 28.7 Å². The number of ketones is 2. The number of halogens is 1. The van der Waals surface area contributed by atoms with Gasteiger partial charge >= 0.3 is 0 Å². The molecule has 1 amide bonds. The standard InChI is InChI=1S/C32H25BrN2O4/c1-18(36)20-7-9-21(10-8-20)29(37)13-19-6-11-26-22(12-19)14-27(34-26)32(39)35-17-23(16-33)31-25-5-3-2-4-24(25)30(38)15-28(31)35/h2-12,14-15,23,34,38H,13,16-17H2,1H3/t23-/m1/s1. The van der Waals surface area contributed by atoms with Gasteiger partial charge in [-0.05, 0) is 41.6 Å². The van der Waals surface area contributed by atoms with Crippen LogP contribution in [0.2, 0.25) is 0 Å². The van der Waals surface area contributed by atoms with E-state index in [1.165, 1.54) is 6.92 Å². The monoisotopic (exact) mass is 580 g/mol. The lowest BCUT2D eigenvalue weighted by molar-refractivity contribution is 0.0979. The van der Waals surface area contributed by atoms with Gasteiger partial charge in [-0.3, -0.25) is 14.4 Å². The number of fused-ring (bicyclic) bond motifs is 4. The first-order valence-corrected chi connectivity index (χ1v) is 13.8. The Morgan fingerprint density at radius 1 is 0.949 bits per heavy atom. The van der Waals surface area contributed by atoms with E-state index in [9.17, 15) is 19.5 Å². The fourth-order valence-corrected chi connectivity index (χ4v) is 6.00. The number of aromatic amines is 1. The van der Waals surface area contributed by atoms with Crippen LogP contribution >= 0.6 is 15.9 Å². The Morgan fingerprint density at radius 2 is 1.67 bits per heavy atom. The minimum absolute atomic E-state index is 0.0393. The van der Waals surface area contributed by atoms with Crippen LogP contribution in [0.1, 0.15) is 55.2 Å². The molecule has 1 aromatic heterocycles. The van der Waals surface area contributed by atoms with Crippen molar-refractivity contribution < 1.29 is 19.5 Å². The number of alkyl halides is 1. The number of phenols is 1. The van der Waals surface area contributed by atoms with Crippen molar-refractivity contribution in [3.8, 4) is 5.75 Å². The van der Waals surface area contributed by atoms with Crippen LogP contribution in [-0.4, -0.2) is 39.4 Å². The second-order valence-electron chi connectivity index (χ2n) is 9.98. The Labute approximate surface area is 233 Å². The summed E-state index contributed by atoms with van der Waals surface area (Å²) in [6.07, 6.45) is 0.211. The summed E-state index contributed by atoms with van der Waals surface area (Å²) in [6.45, 7) is 2.00. The second kappa shape index (κ2) is 9.82. The first kappa shape index (κ1) is 25.1. The SMILES string of the molecule is CC(=O)c1ccc(C(=O)Cc2ccc3[nH]c(C(=O)N4C[C@@H](CBr)c5c4cc(O)c4ccccc54)cc3c2)cc1. The zero-order chi connectivity index (χ0) is 27.3. The number of nitrogens with zero attached hydrogens (tertiary/aromatic N) is 1. The summed E-state index contributed by atoms with van der Waals surface area (Å²) < 4.78 is 0. The van der Waals surface area contributed by atoms with E-state index >= 15 is 0 Å². The van der Waals surface area contributed by atoms with E-state index in [0.717, 1.165) is 38.5 Å². The Kier molecular flexibility index (Phi) is 6.31. The maximum atomic E-state index is 13.7. The molecule has 0 unspecified atom stereocenters. The smallest absolute Gasteiger partial charge is 0.274 e. The number of aromatic hydroxyl groups is 1. The number of carbonyl (C=O) groups excluding carboxylic acids is 3. The van der Waals surface area contributed by atoms with Crippen LogP contribution in [-0.2, 0) is 6.42 Å². The molecule has 0 bridgehead atoms. The van der Waals surface area contributed by atoms with E-state index in [1.54, 1.807) is 35.2 Å². The number of phenolic OH excluding ortho intramolecular Hbond substituents is 1. The maximum Gasteiger partial charge on any atom is 0.274 e. The van der Waals surface area contributed by atoms with Crippen LogP contribution in [0.4, 0.5) is 5.69 Å². The molecule has 39 heavy (non-hydrogen) atoms. The van der Waals surface area contributed by atoms with Gasteiger partial charge in [0, 0.05) is 57.7 Å². The summed E-state index contributed by atoms with van der Waals surface area (Å²) >= 11 is 3.61.